The summed E-state index contributed by atoms with van der Waals surface area (Å²) in [6.07, 6.45) is 0. The smallest absolute Gasteiger partial charge is 0.348 e. The van der Waals surface area contributed by atoms with Gasteiger partial charge in [-0.1, -0.05) is 12.1 Å². The summed E-state index contributed by atoms with van der Waals surface area (Å²) in [5.41, 5.74) is 7.29. The van der Waals surface area contributed by atoms with E-state index in [-0.39, 0.29) is 5.56 Å². The van der Waals surface area contributed by atoms with Crippen LogP contribution in [0, 0.1) is 0 Å². The van der Waals surface area contributed by atoms with Gasteiger partial charge in [0.05, 0.1) is 5.56 Å². The lowest BCUT2D eigenvalue weighted by atomic mass is 10.1. The summed E-state index contributed by atoms with van der Waals surface area (Å²) in [5.74, 6) is -1.00. The molecular formula is C19H14N2O5S2. The number of thiophene rings is 2. The van der Waals surface area contributed by atoms with Crippen LogP contribution in [0.25, 0.3) is 10.4 Å². The number of para-hydroxylation sites is 1. The molecule has 0 unspecified atom stereocenters. The molecule has 3 N–H and O–H groups in total. The maximum absolute atomic E-state index is 12.4. The van der Waals surface area contributed by atoms with Crippen molar-refractivity contribution in [3.8, 4) is 16.2 Å². The SMILES string of the molecule is NC(=O)c1ccsc1NC(=O)COC(=O)c1cc2c(s1)-c1ccccc1OC2. The number of amides is 2. The molecule has 9 heteroatoms. The second-order valence-corrected chi connectivity index (χ2v) is 7.87. The van der Waals surface area contributed by atoms with Crippen LogP contribution in [-0.2, 0) is 16.1 Å². The van der Waals surface area contributed by atoms with Gasteiger partial charge in [0.1, 0.15) is 22.2 Å². The normalized spacial score (nSPS) is 11.7. The third-order valence-electron chi connectivity index (χ3n) is 4.04. The van der Waals surface area contributed by atoms with Gasteiger partial charge < -0.3 is 20.5 Å². The van der Waals surface area contributed by atoms with Gasteiger partial charge in [-0.25, -0.2) is 4.79 Å². The topological polar surface area (TPSA) is 108 Å². The van der Waals surface area contributed by atoms with E-state index < -0.39 is 24.4 Å². The van der Waals surface area contributed by atoms with Gasteiger partial charge in [-0.05, 0) is 29.6 Å². The van der Waals surface area contributed by atoms with E-state index in [9.17, 15) is 14.4 Å². The van der Waals surface area contributed by atoms with Crippen LogP contribution in [0.4, 0.5) is 5.00 Å². The van der Waals surface area contributed by atoms with Crippen LogP contribution in [0.2, 0.25) is 0 Å². The average molecular weight is 414 g/mol. The summed E-state index contributed by atoms with van der Waals surface area (Å²) in [7, 11) is 0. The van der Waals surface area contributed by atoms with E-state index in [1.54, 1.807) is 11.4 Å². The fourth-order valence-corrected chi connectivity index (χ4v) is 4.66. The quantitative estimate of drug-likeness (QED) is 0.623. The van der Waals surface area contributed by atoms with E-state index >= 15 is 0 Å². The molecule has 0 fully saturated rings. The Labute approximate surface area is 167 Å². The maximum Gasteiger partial charge on any atom is 0.348 e. The number of hydrogen-bond acceptors (Lipinski definition) is 7. The first-order valence-electron chi connectivity index (χ1n) is 8.22. The summed E-state index contributed by atoms with van der Waals surface area (Å²) in [5, 5.41) is 4.49. The number of primary amides is 1. The van der Waals surface area contributed by atoms with Crippen molar-refractivity contribution in [2.45, 2.75) is 6.61 Å². The van der Waals surface area contributed by atoms with E-state index in [0.29, 0.717) is 16.5 Å². The molecular weight excluding hydrogens is 400 g/mol. The van der Waals surface area contributed by atoms with E-state index in [2.05, 4.69) is 5.32 Å². The first-order valence-corrected chi connectivity index (χ1v) is 9.91. The van der Waals surface area contributed by atoms with E-state index in [4.69, 9.17) is 15.2 Å². The minimum absolute atomic E-state index is 0.217. The third-order valence-corrected chi connectivity index (χ3v) is 6.06. The molecule has 0 spiro atoms. The molecule has 0 atom stereocenters. The minimum Gasteiger partial charge on any atom is -0.488 e. The Morgan fingerprint density at radius 1 is 1.21 bits per heavy atom. The van der Waals surface area contributed by atoms with Gasteiger partial charge in [0.25, 0.3) is 11.8 Å². The Bertz CT molecular complexity index is 1090. The third kappa shape index (κ3) is 3.49. The molecule has 2 amide bonds. The Balaban J connectivity index is 1.41. The molecule has 3 aromatic rings. The Kier molecular flexibility index (Phi) is 4.84. The highest BCUT2D eigenvalue weighted by molar-refractivity contribution is 7.17. The van der Waals surface area contributed by atoms with Gasteiger partial charge >= 0.3 is 5.97 Å². The number of anilines is 1. The molecule has 1 aliphatic rings. The van der Waals surface area contributed by atoms with Crippen molar-refractivity contribution in [1.82, 2.24) is 0 Å². The highest BCUT2D eigenvalue weighted by Crippen LogP contribution is 2.42. The summed E-state index contributed by atoms with van der Waals surface area (Å²) >= 11 is 2.47. The maximum atomic E-state index is 12.4. The number of esters is 1. The van der Waals surface area contributed by atoms with Crippen LogP contribution in [-0.4, -0.2) is 24.4 Å². The van der Waals surface area contributed by atoms with Gasteiger partial charge in [-0.3, -0.25) is 9.59 Å². The number of carbonyl (C=O) groups excluding carboxylic acids is 3. The second kappa shape index (κ2) is 7.45. The fraction of sp³-hybridized carbons (Fsp3) is 0.105. The van der Waals surface area contributed by atoms with Crippen LogP contribution in [0.5, 0.6) is 5.75 Å². The molecule has 142 valence electrons. The van der Waals surface area contributed by atoms with Crippen LogP contribution in [0.3, 0.4) is 0 Å². The van der Waals surface area contributed by atoms with Crippen LogP contribution in [0.1, 0.15) is 25.6 Å². The highest BCUT2D eigenvalue weighted by atomic mass is 32.1. The molecule has 1 aromatic carbocycles. The largest absolute Gasteiger partial charge is 0.488 e. The molecule has 0 aliphatic carbocycles. The zero-order valence-corrected chi connectivity index (χ0v) is 16.0. The van der Waals surface area contributed by atoms with Crippen LogP contribution in [0.15, 0.2) is 41.8 Å². The monoisotopic (exact) mass is 414 g/mol. The van der Waals surface area contributed by atoms with Crippen molar-refractivity contribution in [3.63, 3.8) is 0 Å². The number of fused-ring (bicyclic) bond motifs is 3. The number of nitrogens with one attached hydrogen (secondary N) is 1. The summed E-state index contributed by atoms with van der Waals surface area (Å²) in [6.45, 7) is -0.0878. The summed E-state index contributed by atoms with van der Waals surface area (Å²) in [6, 6.07) is 10.9. The molecule has 28 heavy (non-hydrogen) atoms. The predicted octanol–water partition coefficient (Wildman–Crippen LogP) is 3.26. The number of rotatable bonds is 5. The molecule has 0 bridgehead atoms. The molecule has 7 nitrogen and oxygen atoms in total. The first kappa shape index (κ1) is 18.2. The Morgan fingerprint density at radius 2 is 2.04 bits per heavy atom. The molecule has 1 aliphatic heterocycles. The van der Waals surface area contributed by atoms with E-state index in [0.717, 1.165) is 33.1 Å². The number of benzene rings is 1. The molecule has 0 radical (unpaired) electrons. The van der Waals surface area contributed by atoms with Gasteiger partial charge in [0, 0.05) is 16.0 Å². The predicted molar refractivity (Wildman–Crippen MR) is 106 cm³/mol. The minimum atomic E-state index is -0.639. The van der Waals surface area contributed by atoms with Gasteiger partial charge in [0.2, 0.25) is 0 Å². The van der Waals surface area contributed by atoms with Crippen molar-refractivity contribution in [3.05, 3.63) is 57.8 Å². The Morgan fingerprint density at radius 3 is 2.86 bits per heavy atom. The summed E-state index contributed by atoms with van der Waals surface area (Å²) < 4.78 is 10.8. The lowest BCUT2D eigenvalue weighted by Gasteiger charge is -2.16. The van der Waals surface area contributed by atoms with Crippen molar-refractivity contribution in [2.75, 3.05) is 11.9 Å². The molecule has 3 heterocycles. The number of nitrogens with two attached hydrogens (primary N) is 1. The lowest BCUT2D eigenvalue weighted by Crippen LogP contribution is -2.22. The van der Waals surface area contributed by atoms with Crippen LogP contribution >= 0.6 is 22.7 Å². The first-order chi connectivity index (χ1) is 13.5. The van der Waals surface area contributed by atoms with Gasteiger partial charge in [0.15, 0.2) is 6.61 Å². The summed E-state index contributed by atoms with van der Waals surface area (Å²) in [4.78, 5) is 37.0. The zero-order valence-electron chi connectivity index (χ0n) is 14.4. The van der Waals surface area contributed by atoms with Gasteiger partial charge in [-0.15, -0.1) is 22.7 Å². The van der Waals surface area contributed by atoms with Gasteiger partial charge in [-0.2, -0.15) is 0 Å². The molecule has 4 rings (SSSR count). The number of hydrogen-bond donors (Lipinski definition) is 2. The van der Waals surface area contributed by atoms with Crippen molar-refractivity contribution in [1.29, 1.82) is 0 Å². The molecule has 0 saturated carbocycles. The van der Waals surface area contributed by atoms with Crippen molar-refractivity contribution in [2.24, 2.45) is 5.73 Å². The van der Waals surface area contributed by atoms with Crippen molar-refractivity contribution < 1.29 is 23.9 Å². The fourth-order valence-electron chi connectivity index (χ4n) is 2.77. The second-order valence-electron chi connectivity index (χ2n) is 5.90. The Hall–Kier alpha value is -3.17. The van der Waals surface area contributed by atoms with E-state index in [1.165, 1.54) is 17.4 Å². The molecule has 0 saturated heterocycles. The standard InChI is InChI=1S/C19H14N2O5S2/c20-17(23)12-5-6-27-18(12)21-15(22)9-26-19(24)14-7-10-8-25-13-4-2-1-3-11(13)16(10)28-14/h1-7H,8-9H2,(H2,20,23)(H,21,22). The van der Waals surface area contributed by atoms with Crippen molar-refractivity contribution >= 4 is 45.5 Å². The van der Waals surface area contributed by atoms with Crippen LogP contribution < -0.4 is 15.8 Å². The molecule has 2 aromatic heterocycles. The number of ether oxygens (including phenoxy) is 2. The number of carbonyl (C=O) groups is 3. The average Bonchev–Trinajstić information content (AvgIpc) is 3.33. The highest BCUT2D eigenvalue weighted by Gasteiger charge is 2.23. The lowest BCUT2D eigenvalue weighted by molar-refractivity contribution is -0.119. The zero-order chi connectivity index (χ0) is 19.7. The van der Waals surface area contributed by atoms with E-state index in [1.807, 2.05) is 24.3 Å².